The van der Waals surface area contributed by atoms with Gasteiger partial charge in [-0.3, -0.25) is 0 Å². The van der Waals surface area contributed by atoms with Crippen molar-refractivity contribution in [3.63, 3.8) is 0 Å². The van der Waals surface area contributed by atoms with Crippen molar-refractivity contribution in [3.8, 4) is 5.75 Å². The summed E-state index contributed by atoms with van der Waals surface area (Å²) in [5, 5.41) is 23.6. The summed E-state index contributed by atoms with van der Waals surface area (Å²) in [6.07, 6.45) is 0. The van der Waals surface area contributed by atoms with Gasteiger partial charge in [0.25, 0.3) is 0 Å². The molecule has 1 aromatic carbocycles. The lowest BCUT2D eigenvalue weighted by atomic mass is 10.1. The van der Waals surface area contributed by atoms with E-state index in [0.29, 0.717) is 5.82 Å². The van der Waals surface area contributed by atoms with E-state index in [1.165, 1.54) is 4.68 Å². The van der Waals surface area contributed by atoms with Crippen molar-refractivity contribution < 1.29 is 13.9 Å². The van der Waals surface area contributed by atoms with Crippen molar-refractivity contribution in [1.82, 2.24) is 25.5 Å². The van der Waals surface area contributed by atoms with Crippen LogP contribution in [-0.4, -0.2) is 25.3 Å². The zero-order chi connectivity index (χ0) is 14.0. The Labute approximate surface area is 108 Å². The van der Waals surface area contributed by atoms with Crippen molar-refractivity contribution in [2.75, 3.05) is 0 Å². The third kappa shape index (κ3) is 2.84. The Morgan fingerprint density at radius 1 is 1.37 bits per heavy atom. The summed E-state index contributed by atoms with van der Waals surface area (Å²) < 4.78 is 27.4. The van der Waals surface area contributed by atoms with Crippen LogP contribution in [0.2, 0.25) is 0 Å². The molecule has 8 heteroatoms. The third-order valence-corrected chi connectivity index (χ3v) is 2.76. The highest BCUT2D eigenvalue weighted by atomic mass is 19.2. The van der Waals surface area contributed by atoms with Crippen LogP contribution < -0.4 is 5.32 Å². The number of halogens is 2. The molecule has 0 bridgehead atoms. The van der Waals surface area contributed by atoms with Gasteiger partial charge in [-0.1, -0.05) is 0 Å². The number of aromatic nitrogens is 4. The minimum absolute atomic E-state index is 0.164. The van der Waals surface area contributed by atoms with E-state index in [1.54, 1.807) is 7.05 Å². The molecular formula is C11H13F2N5O. The van der Waals surface area contributed by atoms with Crippen molar-refractivity contribution in [2.45, 2.75) is 19.5 Å². The standard InChI is InChI=1S/C11H13F2N5O/c1-6(11-15-16-17-18(11)2)14-5-7-3-8(12)9(13)4-10(7)19/h3-4,6,14,19H,5H2,1-2H3. The van der Waals surface area contributed by atoms with Crippen molar-refractivity contribution in [3.05, 3.63) is 35.2 Å². The largest absolute Gasteiger partial charge is 0.508 e. The predicted octanol–water partition coefficient (Wildman–Crippen LogP) is 1.04. The summed E-state index contributed by atoms with van der Waals surface area (Å²) >= 11 is 0. The number of nitrogens with one attached hydrogen (secondary N) is 1. The first-order chi connectivity index (χ1) is 8.99. The molecule has 19 heavy (non-hydrogen) atoms. The van der Waals surface area contributed by atoms with Gasteiger partial charge in [0, 0.05) is 25.2 Å². The topological polar surface area (TPSA) is 75.9 Å². The van der Waals surface area contributed by atoms with Gasteiger partial charge in [0.05, 0.1) is 6.04 Å². The lowest BCUT2D eigenvalue weighted by Gasteiger charge is -2.13. The summed E-state index contributed by atoms with van der Waals surface area (Å²) in [4.78, 5) is 0. The first-order valence-corrected chi connectivity index (χ1v) is 5.61. The minimum atomic E-state index is -1.08. The number of aryl methyl sites for hydroxylation is 1. The van der Waals surface area contributed by atoms with Crippen LogP contribution in [-0.2, 0) is 13.6 Å². The minimum Gasteiger partial charge on any atom is -0.508 e. The number of hydrogen-bond donors (Lipinski definition) is 2. The van der Waals surface area contributed by atoms with E-state index in [1.807, 2.05) is 6.92 Å². The van der Waals surface area contributed by atoms with Gasteiger partial charge in [-0.05, 0) is 23.4 Å². The Hall–Kier alpha value is -2.09. The summed E-state index contributed by atoms with van der Waals surface area (Å²) in [7, 11) is 1.70. The zero-order valence-electron chi connectivity index (χ0n) is 10.4. The molecule has 0 aliphatic carbocycles. The van der Waals surface area contributed by atoms with E-state index in [4.69, 9.17) is 0 Å². The van der Waals surface area contributed by atoms with Gasteiger partial charge in [0.15, 0.2) is 17.5 Å². The van der Waals surface area contributed by atoms with E-state index in [9.17, 15) is 13.9 Å². The fraction of sp³-hybridized carbons (Fsp3) is 0.364. The van der Waals surface area contributed by atoms with Crippen molar-refractivity contribution in [2.24, 2.45) is 7.05 Å². The number of phenolic OH excluding ortho intramolecular Hbond substituents is 1. The maximum Gasteiger partial charge on any atom is 0.167 e. The monoisotopic (exact) mass is 269 g/mol. The molecule has 0 radical (unpaired) electrons. The molecule has 1 aromatic heterocycles. The second kappa shape index (κ2) is 5.27. The Morgan fingerprint density at radius 3 is 2.68 bits per heavy atom. The highest BCUT2D eigenvalue weighted by Gasteiger charge is 2.14. The molecule has 2 N–H and O–H groups in total. The summed E-state index contributed by atoms with van der Waals surface area (Å²) in [5.74, 6) is -1.77. The van der Waals surface area contributed by atoms with Gasteiger partial charge in [0.1, 0.15) is 5.75 Å². The molecule has 1 heterocycles. The van der Waals surface area contributed by atoms with Gasteiger partial charge in [-0.2, -0.15) is 0 Å². The molecule has 1 unspecified atom stereocenters. The van der Waals surface area contributed by atoms with E-state index in [2.05, 4.69) is 20.8 Å². The van der Waals surface area contributed by atoms with Crippen LogP contribution in [0, 0.1) is 11.6 Å². The fourth-order valence-corrected chi connectivity index (χ4v) is 1.68. The quantitative estimate of drug-likeness (QED) is 0.867. The zero-order valence-corrected chi connectivity index (χ0v) is 10.4. The lowest BCUT2D eigenvalue weighted by Crippen LogP contribution is -2.21. The lowest BCUT2D eigenvalue weighted by molar-refractivity contribution is 0.438. The number of tetrazole rings is 1. The molecule has 0 amide bonds. The summed E-state index contributed by atoms with van der Waals surface area (Å²) in [6.45, 7) is 1.99. The van der Waals surface area contributed by atoms with Crippen LogP contribution in [0.5, 0.6) is 5.75 Å². The first-order valence-electron chi connectivity index (χ1n) is 5.61. The van der Waals surface area contributed by atoms with Gasteiger partial charge in [0.2, 0.25) is 0 Å². The maximum absolute atomic E-state index is 13.1. The highest BCUT2D eigenvalue weighted by Crippen LogP contribution is 2.21. The Morgan fingerprint density at radius 2 is 2.05 bits per heavy atom. The second-order valence-corrected chi connectivity index (χ2v) is 4.16. The third-order valence-electron chi connectivity index (χ3n) is 2.76. The van der Waals surface area contributed by atoms with Crippen LogP contribution in [0.4, 0.5) is 8.78 Å². The van der Waals surface area contributed by atoms with Crippen molar-refractivity contribution in [1.29, 1.82) is 0 Å². The average molecular weight is 269 g/mol. The molecule has 102 valence electrons. The van der Waals surface area contributed by atoms with Gasteiger partial charge in [-0.15, -0.1) is 5.10 Å². The Balaban J connectivity index is 2.07. The Bertz CT molecular complexity index is 586. The normalized spacial score (nSPS) is 12.6. The fourth-order valence-electron chi connectivity index (χ4n) is 1.68. The Kier molecular flexibility index (Phi) is 3.70. The van der Waals surface area contributed by atoms with E-state index >= 15 is 0 Å². The van der Waals surface area contributed by atoms with E-state index in [-0.39, 0.29) is 23.9 Å². The molecule has 2 aromatic rings. The molecule has 1 atom stereocenters. The number of aromatic hydroxyl groups is 1. The van der Waals surface area contributed by atoms with E-state index in [0.717, 1.165) is 12.1 Å². The van der Waals surface area contributed by atoms with Crippen LogP contribution in [0.3, 0.4) is 0 Å². The predicted molar refractivity (Wildman–Crippen MR) is 62.1 cm³/mol. The van der Waals surface area contributed by atoms with Crippen LogP contribution in [0.15, 0.2) is 12.1 Å². The molecule has 0 aliphatic rings. The first kappa shape index (κ1) is 13.3. The smallest absolute Gasteiger partial charge is 0.167 e. The number of phenols is 1. The molecule has 0 aliphatic heterocycles. The molecule has 2 rings (SSSR count). The molecular weight excluding hydrogens is 256 g/mol. The van der Waals surface area contributed by atoms with E-state index < -0.39 is 11.6 Å². The number of nitrogens with zero attached hydrogens (tertiary/aromatic N) is 4. The summed E-state index contributed by atoms with van der Waals surface area (Å²) in [6, 6.07) is 1.51. The molecule has 0 saturated heterocycles. The molecule has 6 nitrogen and oxygen atoms in total. The second-order valence-electron chi connectivity index (χ2n) is 4.16. The van der Waals surface area contributed by atoms with Gasteiger partial charge < -0.3 is 10.4 Å². The average Bonchev–Trinajstić information content (AvgIpc) is 2.78. The molecule has 0 saturated carbocycles. The van der Waals surface area contributed by atoms with Gasteiger partial charge >= 0.3 is 0 Å². The number of benzene rings is 1. The van der Waals surface area contributed by atoms with Crippen LogP contribution in [0.25, 0.3) is 0 Å². The number of rotatable bonds is 4. The SMILES string of the molecule is CC(NCc1cc(F)c(F)cc1O)c1nnnn1C. The van der Waals surface area contributed by atoms with Gasteiger partial charge in [-0.25, -0.2) is 13.5 Å². The molecule has 0 spiro atoms. The number of hydrogen-bond acceptors (Lipinski definition) is 5. The maximum atomic E-state index is 13.1. The van der Waals surface area contributed by atoms with Crippen LogP contribution >= 0.6 is 0 Å². The summed E-state index contributed by atoms with van der Waals surface area (Å²) in [5.41, 5.74) is 0.265. The highest BCUT2D eigenvalue weighted by molar-refractivity contribution is 5.33. The van der Waals surface area contributed by atoms with Crippen LogP contribution in [0.1, 0.15) is 24.4 Å². The van der Waals surface area contributed by atoms with Crippen molar-refractivity contribution >= 4 is 0 Å². The molecule has 0 fully saturated rings.